The minimum Gasteiger partial charge on any atom is -0.437 e. The van der Waals surface area contributed by atoms with Crippen LogP contribution in [0, 0.1) is 10.1 Å². The number of nitro benzene ring substituents is 1. The van der Waals surface area contributed by atoms with E-state index >= 15 is 0 Å². The van der Waals surface area contributed by atoms with E-state index in [0.717, 1.165) is 22.3 Å². The molecule has 10 nitrogen and oxygen atoms in total. The summed E-state index contributed by atoms with van der Waals surface area (Å²) < 4.78 is 6.24. The number of aromatic nitrogens is 2. The van der Waals surface area contributed by atoms with E-state index in [9.17, 15) is 14.9 Å². The molecule has 0 spiro atoms. The number of hydrogen-bond acceptors (Lipinski definition) is 7. The summed E-state index contributed by atoms with van der Waals surface area (Å²) >= 11 is 0. The van der Waals surface area contributed by atoms with Gasteiger partial charge in [0.2, 0.25) is 5.71 Å². The molecule has 2 aromatic heterocycles. The maximum atomic E-state index is 12.3. The summed E-state index contributed by atoms with van der Waals surface area (Å²) in [5.41, 5.74) is 5.24. The quantitative estimate of drug-likeness (QED) is 0.119. The van der Waals surface area contributed by atoms with Crippen LogP contribution in [0.3, 0.4) is 0 Å². The number of carbonyl (C=O) groups is 1. The topological polar surface area (TPSA) is 135 Å². The van der Waals surface area contributed by atoms with Crippen molar-refractivity contribution in [2.75, 3.05) is 22.5 Å². The third kappa shape index (κ3) is 6.18. The second-order valence-corrected chi connectivity index (χ2v) is 9.70. The fraction of sp³-hybridized carbons (Fsp3) is 0.0606. The van der Waals surface area contributed by atoms with Gasteiger partial charge in [0.15, 0.2) is 0 Å². The number of para-hydroxylation sites is 1. The van der Waals surface area contributed by atoms with Gasteiger partial charge in [-0.15, -0.1) is 0 Å². The molecule has 10 heteroatoms. The molecule has 0 aliphatic carbocycles. The monoisotopic (exact) mass is 570 g/mol. The molecule has 0 unspecified atom stereocenters. The Bertz CT molecular complexity index is 1870. The Labute approximate surface area is 246 Å². The Morgan fingerprint density at radius 1 is 0.767 bits per heavy atom. The van der Waals surface area contributed by atoms with Gasteiger partial charge in [-0.25, -0.2) is 14.8 Å². The van der Waals surface area contributed by atoms with Crippen molar-refractivity contribution >= 4 is 40.0 Å². The van der Waals surface area contributed by atoms with Crippen LogP contribution < -0.4 is 16.0 Å². The fourth-order valence-electron chi connectivity index (χ4n) is 4.78. The van der Waals surface area contributed by atoms with Gasteiger partial charge in [0, 0.05) is 41.2 Å². The summed E-state index contributed by atoms with van der Waals surface area (Å²) in [5, 5.41) is 21.0. The largest absolute Gasteiger partial charge is 0.437 e. The average molecular weight is 571 g/mol. The normalized spacial score (nSPS) is 10.8. The Morgan fingerprint density at radius 3 is 2.09 bits per heavy atom. The molecule has 0 aliphatic rings. The summed E-state index contributed by atoms with van der Waals surface area (Å²) in [7, 11) is 0. The van der Waals surface area contributed by atoms with Crippen molar-refractivity contribution in [1.82, 2.24) is 9.97 Å². The molecule has 0 saturated carbocycles. The Hall–Kier alpha value is -6.03. The molecule has 2 amide bonds. The SMILES string of the molecule is O=C(Nc1ccccc1)Nc1ccc(CCNc2ncnc3oc(-c4ccccc4)c(-c4ccc([N+](=O)[O-])cc4)c23)cc1. The zero-order valence-corrected chi connectivity index (χ0v) is 22.9. The number of nitrogens with one attached hydrogen (secondary N) is 3. The van der Waals surface area contributed by atoms with E-state index in [-0.39, 0.29) is 11.7 Å². The predicted octanol–water partition coefficient (Wildman–Crippen LogP) is 7.76. The van der Waals surface area contributed by atoms with Gasteiger partial charge in [0.1, 0.15) is 17.9 Å². The third-order valence-electron chi connectivity index (χ3n) is 6.84. The summed E-state index contributed by atoms with van der Waals surface area (Å²) in [6.45, 7) is 0.568. The van der Waals surface area contributed by atoms with Gasteiger partial charge >= 0.3 is 6.03 Å². The number of hydrogen-bond donors (Lipinski definition) is 3. The summed E-state index contributed by atoms with van der Waals surface area (Å²) in [6.07, 6.45) is 2.14. The van der Waals surface area contributed by atoms with E-state index in [1.165, 1.54) is 18.5 Å². The summed E-state index contributed by atoms with van der Waals surface area (Å²) in [5.74, 6) is 1.20. The van der Waals surface area contributed by atoms with Crippen LogP contribution in [0.1, 0.15) is 5.56 Å². The first-order valence-corrected chi connectivity index (χ1v) is 13.6. The molecule has 212 valence electrons. The van der Waals surface area contributed by atoms with E-state index in [4.69, 9.17) is 4.42 Å². The van der Waals surface area contributed by atoms with Crippen LogP contribution >= 0.6 is 0 Å². The Kier molecular flexibility index (Phi) is 7.72. The maximum absolute atomic E-state index is 12.3. The highest BCUT2D eigenvalue weighted by Crippen LogP contribution is 2.42. The first kappa shape index (κ1) is 27.2. The molecule has 4 aromatic carbocycles. The standard InChI is InChI=1S/C33H26N6O4/c40-33(37-25-9-5-2-6-10-25)38-26-15-11-22(12-16-26)19-20-34-31-29-28(23-13-17-27(18-14-23)39(41)42)30(24-7-3-1-4-8-24)43-32(29)36-21-35-31/h1-18,21H,19-20H2,(H,34,35,36)(H2,37,38,40). The Balaban J connectivity index is 1.20. The zero-order valence-electron chi connectivity index (χ0n) is 22.9. The predicted molar refractivity (Wildman–Crippen MR) is 167 cm³/mol. The zero-order chi connectivity index (χ0) is 29.6. The smallest absolute Gasteiger partial charge is 0.323 e. The van der Waals surface area contributed by atoms with Gasteiger partial charge in [0.05, 0.1) is 10.3 Å². The second-order valence-electron chi connectivity index (χ2n) is 9.70. The average Bonchev–Trinajstić information content (AvgIpc) is 3.43. The lowest BCUT2D eigenvalue weighted by Gasteiger charge is -2.10. The minimum absolute atomic E-state index is 0.00505. The lowest BCUT2D eigenvalue weighted by Crippen LogP contribution is -2.19. The first-order valence-electron chi connectivity index (χ1n) is 13.6. The van der Waals surface area contributed by atoms with Gasteiger partial charge in [-0.2, -0.15) is 0 Å². The van der Waals surface area contributed by atoms with Crippen molar-refractivity contribution in [3.63, 3.8) is 0 Å². The van der Waals surface area contributed by atoms with Gasteiger partial charge in [-0.05, 0) is 53.9 Å². The number of benzene rings is 4. The molecule has 2 heterocycles. The first-order chi connectivity index (χ1) is 21.0. The van der Waals surface area contributed by atoms with Crippen LogP contribution in [0.2, 0.25) is 0 Å². The van der Waals surface area contributed by atoms with Crippen molar-refractivity contribution in [2.45, 2.75) is 6.42 Å². The lowest BCUT2D eigenvalue weighted by atomic mass is 9.99. The minimum atomic E-state index is -0.423. The van der Waals surface area contributed by atoms with Gasteiger partial charge in [-0.1, -0.05) is 60.7 Å². The van der Waals surface area contributed by atoms with Gasteiger partial charge < -0.3 is 20.4 Å². The van der Waals surface area contributed by atoms with Crippen molar-refractivity contribution in [3.8, 4) is 22.5 Å². The van der Waals surface area contributed by atoms with Crippen LogP contribution in [0.4, 0.5) is 27.7 Å². The van der Waals surface area contributed by atoms with E-state index < -0.39 is 4.92 Å². The summed E-state index contributed by atoms with van der Waals surface area (Å²) in [4.78, 5) is 32.0. The lowest BCUT2D eigenvalue weighted by molar-refractivity contribution is -0.384. The highest BCUT2D eigenvalue weighted by Gasteiger charge is 2.22. The second kappa shape index (κ2) is 12.2. The molecule has 0 atom stereocenters. The Morgan fingerprint density at radius 2 is 1.42 bits per heavy atom. The number of carbonyl (C=O) groups excluding carboxylic acids is 1. The number of fused-ring (bicyclic) bond motifs is 1. The number of urea groups is 1. The van der Waals surface area contributed by atoms with Gasteiger partial charge in [0.25, 0.3) is 5.69 Å². The van der Waals surface area contributed by atoms with Crippen molar-refractivity contribution < 1.29 is 14.1 Å². The fourth-order valence-corrected chi connectivity index (χ4v) is 4.78. The highest BCUT2D eigenvalue weighted by molar-refractivity contribution is 6.06. The number of furan rings is 1. The molecular weight excluding hydrogens is 544 g/mol. The molecular formula is C33H26N6O4. The van der Waals surface area contributed by atoms with Crippen LogP contribution in [0.15, 0.2) is 120 Å². The molecule has 0 aliphatic heterocycles. The number of nitro groups is 1. The van der Waals surface area contributed by atoms with E-state index in [0.29, 0.717) is 47.0 Å². The maximum Gasteiger partial charge on any atom is 0.323 e. The van der Waals surface area contributed by atoms with Crippen LogP contribution in [0.25, 0.3) is 33.6 Å². The number of nitrogens with zero attached hydrogens (tertiary/aromatic N) is 3. The van der Waals surface area contributed by atoms with E-state index in [2.05, 4.69) is 25.9 Å². The molecule has 43 heavy (non-hydrogen) atoms. The molecule has 0 bridgehead atoms. The van der Waals surface area contributed by atoms with E-state index in [1.54, 1.807) is 12.1 Å². The number of non-ortho nitro benzene ring substituents is 1. The molecule has 6 aromatic rings. The molecule has 0 saturated heterocycles. The van der Waals surface area contributed by atoms with E-state index in [1.807, 2.05) is 84.9 Å². The molecule has 6 rings (SSSR count). The number of rotatable bonds is 9. The van der Waals surface area contributed by atoms with Gasteiger partial charge in [-0.3, -0.25) is 10.1 Å². The third-order valence-corrected chi connectivity index (χ3v) is 6.84. The highest BCUT2D eigenvalue weighted by atomic mass is 16.6. The molecule has 3 N–H and O–H groups in total. The van der Waals surface area contributed by atoms with Crippen molar-refractivity contribution in [1.29, 1.82) is 0 Å². The van der Waals surface area contributed by atoms with Crippen LogP contribution in [0.5, 0.6) is 0 Å². The van der Waals surface area contributed by atoms with Crippen molar-refractivity contribution in [2.24, 2.45) is 0 Å². The molecule has 0 radical (unpaired) electrons. The number of amides is 2. The van der Waals surface area contributed by atoms with Crippen LogP contribution in [-0.2, 0) is 6.42 Å². The number of anilines is 3. The van der Waals surface area contributed by atoms with Crippen molar-refractivity contribution in [3.05, 3.63) is 131 Å². The van der Waals surface area contributed by atoms with Crippen LogP contribution in [-0.4, -0.2) is 27.5 Å². The summed E-state index contributed by atoms with van der Waals surface area (Å²) in [6, 6.07) is 32.6. The molecule has 0 fully saturated rings.